The first-order chi connectivity index (χ1) is 8.26. The minimum Gasteiger partial charge on any atom is -0.285 e. The molecule has 88 valence electrons. The van der Waals surface area contributed by atoms with Crippen LogP contribution in [0, 0.1) is 11.3 Å². The predicted octanol–water partition coefficient (Wildman–Crippen LogP) is 1.92. The zero-order chi connectivity index (χ0) is 12.3. The van der Waals surface area contributed by atoms with Crippen molar-refractivity contribution < 1.29 is 0 Å². The van der Waals surface area contributed by atoms with Crippen LogP contribution in [0.3, 0.4) is 0 Å². The Hall–Kier alpha value is -1.86. The van der Waals surface area contributed by atoms with E-state index in [0.717, 1.165) is 24.3 Å². The molecule has 0 saturated carbocycles. The summed E-state index contributed by atoms with van der Waals surface area (Å²) in [6.07, 6.45) is 0. The van der Waals surface area contributed by atoms with Crippen molar-refractivity contribution in [2.75, 3.05) is 13.1 Å². The van der Waals surface area contributed by atoms with Crippen LogP contribution < -0.4 is 0 Å². The van der Waals surface area contributed by atoms with Crippen LogP contribution in [0.2, 0.25) is 0 Å². The first-order valence-corrected chi connectivity index (χ1v) is 5.76. The summed E-state index contributed by atoms with van der Waals surface area (Å²) in [4.78, 5) is 2.08. The molecule has 0 bridgehead atoms. The van der Waals surface area contributed by atoms with Gasteiger partial charge in [-0.2, -0.15) is 10.4 Å². The fraction of sp³-hybridized carbons (Fsp3) is 0.385. The smallest absolute Gasteiger partial charge is 0.0869 e. The van der Waals surface area contributed by atoms with Gasteiger partial charge in [-0.1, -0.05) is 25.1 Å². The maximum atomic E-state index is 8.75. The molecule has 2 aromatic rings. The van der Waals surface area contributed by atoms with Gasteiger partial charge in [-0.15, -0.1) is 0 Å². The summed E-state index contributed by atoms with van der Waals surface area (Å²) in [6, 6.07) is 10.4. The fourth-order valence-electron chi connectivity index (χ4n) is 2.00. The Balaban J connectivity index is 2.33. The van der Waals surface area contributed by atoms with E-state index in [-0.39, 0.29) is 0 Å². The highest BCUT2D eigenvalue weighted by molar-refractivity contribution is 5.81. The van der Waals surface area contributed by atoms with E-state index in [1.54, 1.807) is 0 Å². The van der Waals surface area contributed by atoms with Crippen LogP contribution in [0.4, 0.5) is 0 Å². The van der Waals surface area contributed by atoms with Crippen molar-refractivity contribution >= 4 is 10.9 Å². The number of hydrogen-bond acceptors (Lipinski definition) is 3. The average molecular weight is 228 g/mol. The van der Waals surface area contributed by atoms with E-state index < -0.39 is 0 Å². The van der Waals surface area contributed by atoms with Crippen LogP contribution in [-0.4, -0.2) is 27.8 Å². The van der Waals surface area contributed by atoms with Gasteiger partial charge in [0.2, 0.25) is 0 Å². The topological polar surface area (TPSA) is 44.9 Å². The lowest BCUT2D eigenvalue weighted by molar-refractivity contribution is 0.311. The molecule has 1 aromatic carbocycles. The summed E-state index contributed by atoms with van der Waals surface area (Å²) in [6.45, 7) is 4.09. The van der Waals surface area contributed by atoms with E-state index in [9.17, 15) is 0 Å². The third-order valence-electron chi connectivity index (χ3n) is 2.95. The Kier molecular flexibility index (Phi) is 3.40. The zero-order valence-corrected chi connectivity index (χ0v) is 10.2. The summed E-state index contributed by atoms with van der Waals surface area (Å²) in [5.74, 6) is 0. The molecule has 0 saturated heterocycles. The van der Waals surface area contributed by atoms with Crippen molar-refractivity contribution in [3.05, 3.63) is 30.0 Å². The van der Waals surface area contributed by atoms with Crippen LogP contribution in [0.1, 0.15) is 12.6 Å². The van der Waals surface area contributed by atoms with Gasteiger partial charge in [-0.05, 0) is 12.6 Å². The van der Waals surface area contributed by atoms with Crippen molar-refractivity contribution in [1.29, 1.82) is 5.26 Å². The number of nitriles is 1. The largest absolute Gasteiger partial charge is 0.285 e. The normalized spacial score (nSPS) is 10.9. The second-order valence-electron chi connectivity index (χ2n) is 4.05. The molecule has 0 fully saturated rings. The molecule has 17 heavy (non-hydrogen) atoms. The van der Waals surface area contributed by atoms with Crippen LogP contribution in [0.5, 0.6) is 0 Å². The van der Waals surface area contributed by atoms with Crippen molar-refractivity contribution in [3.63, 3.8) is 0 Å². The van der Waals surface area contributed by atoms with Gasteiger partial charge in [0.05, 0.1) is 23.8 Å². The molecule has 0 aliphatic carbocycles. The summed E-state index contributed by atoms with van der Waals surface area (Å²) in [5.41, 5.74) is 2.18. The van der Waals surface area contributed by atoms with E-state index in [0.29, 0.717) is 6.54 Å². The molecule has 4 nitrogen and oxygen atoms in total. The molecule has 0 N–H and O–H groups in total. The molecule has 0 aliphatic rings. The molecule has 2 rings (SSSR count). The van der Waals surface area contributed by atoms with Gasteiger partial charge in [0.25, 0.3) is 0 Å². The van der Waals surface area contributed by atoms with E-state index in [2.05, 4.69) is 35.1 Å². The summed E-state index contributed by atoms with van der Waals surface area (Å²) in [7, 11) is 1.95. The zero-order valence-electron chi connectivity index (χ0n) is 10.2. The first kappa shape index (κ1) is 11.6. The van der Waals surface area contributed by atoms with Gasteiger partial charge in [0, 0.05) is 19.0 Å². The molecular weight excluding hydrogens is 212 g/mol. The number of aromatic nitrogens is 2. The number of rotatable bonds is 4. The number of fused-ring (bicyclic) bond motifs is 1. The van der Waals surface area contributed by atoms with Gasteiger partial charge in [0.1, 0.15) is 0 Å². The molecular formula is C13H16N4. The Bertz CT molecular complexity index is 550. The molecule has 4 heteroatoms. The lowest BCUT2D eigenvalue weighted by atomic mass is 10.2. The quantitative estimate of drug-likeness (QED) is 0.751. The van der Waals surface area contributed by atoms with Crippen molar-refractivity contribution in [1.82, 2.24) is 14.7 Å². The SMILES string of the molecule is CCN(CC#N)Cc1nn(C)c2ccccc12. The highest BCUT2D eigenvalue weighted by atomic mass is 15.3. The van der Waals surface area contributed by atoms with Gasteiger partial charge < -0.3 is 0 Å². The van der Waals surface area contributed by atoms with Crippen LogP contribution in [0.25, 0.3) is 10.9 Å². The lowest BCUT2D eigenvalue weighted by Gasteiger charge is -2.14. The molecule has 0 aliphatic heterocycles. The second-order valence-corrected chi connectivity index (χ2v) is 4.05. The van der Waals surface area contributed by atoms with E-state index >= 15 is 0 Å². The second kappa shape index (κ2) is 4.98. The summed E-state index contributed by atoms with van der Waals surface area (Å²) >= 11 is 0. The monoisotopic (exact) mass is 228 g/mol. The van der Waals surface area contributed by atoms with Crippen molar-refractivity contribution in [3.8, 4) is 6.07 Å². The highest BCUT2D eigenvalue weighted by Gasteiger charge is 2.11. The molecule has 0 atom stereocenters. The van der Waals surface area contributed by atoms with Gasteiger partial charge in [-0.3, -0.25) is 9.58 Å². The van der Waals surface area contributed by atoms with Crippen molar-refractivity contribution in [2.45, 2.75) is 13.5 Å². The van der Waals surface area contributed by atoms with Gasteiger partial charge in [0.15, 0.2) is 0 Å². The Morgan fingerprint density at radius 2 is 2.18 bits per heavy atom. The molecule has 1 aromatic heterocycles. The van der Waals surface area contributed by atoms with Crippen molar-refractivity contribution in [2.24, 2.45) is 7.05 Å². The molecule has 0 amide bonds. The van der Waals surface area contributed by atoms with Gasteiger partial charge >= 0.3 is 0 Å². The number of aryl methyl sites for hydroxylation is 1. The standard InChI is InChI=1S/C13H16N4/c1-3-17(9-8-14)10-12-11-6-4-5-7-13(11)16(2)15-12/h4-7H,3,9-10H2,1-2H3. The van der Waals surface area contributed by atoms with E-state index in [1.807, 2.05) is 23.9 Å². The average Bonchev–Trinajstić information content (AvgIpc) is 2.66. The van der Waals surface area contributed by atoms with Gasteiger partial charge in [-0.25, -0.2) is 0 Å². The summed E-state index contributed by atoms with van der Waals surface area (Å²) in [5, 5.41) is 14.4. The Labute approximate surface area is 101 Å². The minimum atomic E-state index is 0.446. The molecule has 0 spiro atoms. The van der Waals surface area contributed by atoms with Crippen LogP contribution >= 0.6 is 0 Å². The van der Waals surface area contributed by atoms with Crippen LogP contribution in [-0.2, 0) is 13.6 Å². The number of para-hydroxylation sites is 1. The fourth-order valence-corrected chi connectivity index (χ4v) is 2.00. The maximum Gasteiger partial charge on any atom is 0.0869 e. The molecule has 0 unspecified atom stereocenters. The third-order valence-corrected chi connectivity index (χ3v) is 2.95. The number of benzene rings is 1. The Morgan fingerprint density at radius 1 is 1.41 bits per heavy atom. The van der Waals surface area contributed by atoms with E-state index in [1.165, 1.54) is 5.39 Å². The Morgan fingerprint density at radius 3 is 2.88 bits per heavy atom. The summed E-state index contributed by atoms with van der Waals surface area (Å²) < 4.78 is 1.89. The third kappa shape index (κ3) is 2.29. The predicted molar refractivity (Wildman–Crippen MR) is 67.3 cm³/mol. The maximum absolute atomic E-state index is 8.75. The minimum absolute atomic E-state index is 0.446. The molecule has 0 radical (unpaired) electrons. The highest BCUT2D eigenvalue weighted by Crippen LogP contribution is 2.18. The van der Waals surface area contributed by atoms with E-state index in [4.69, 9.17) is 5.26 Å². The lowest BCUT2D eigenvalue weighted by Crippen LogP contribution is -2.23. The first-order valence-electron chi connectivity index (χ1n) is 5.76. The molecule has 1 heterocycles. The number of hydrogen-bond donors (Lipinski definition) is 0. The van der Waals surface area contributed by atoms with Crippen LogP contribution in [0.15, 0.2) is 24.3 Å². The number of nitrogens with zero attached hydrogens (tertiary/aromatic N) is 4.